The van der Waals surface area contributed by atoms with Crippen molar-refractivity contribution in [2.75, 3.05) is 0 Å². The normalized spacial score (nSPS) is 16.5. The lowest BCUT2D eigenvalue weighted by molar-refractivity contribution is -0.383. The summed E-state index contributed by atoms with van der Waals surface area (Å²) in [5.74, 6) is 0.618. The van der Waals surface area contributed by atoms with Crippen molar-refractivity contribution in [2.24, 2.45) is 11.7 Å². The van der Waals surface area contributed by atoms with E-state index in [0.717, 1.165) is 17.4 Å². The second-order valence-electron chi connectivity index (χ2n) is 5.13. The maximum Gasteiger partial charge on any atom is 0.278 e. The molecule has 1 heterocycles. The molecule has 0 aliphatic heterocycles. The number of pyridine rings is 1. The van der Waals surface area contributed by atoms with Gasteiger partial charge < -0.3 is 5.73 Å². The lowest BCUT2D eigenvalue weighted by atomic mass is 9.97. The Hall–Kier alpha value is -2.01. The number of aromatic nitrogens is 1. The summed E-state index contributed by atoms with van der Waals surface area (Å²) in [5.41, 5.74) is 7.33. The first-order valence-corrected chi connectivity index (χ1v) is 6.42. The van der Waals surface area contributed by atoms with Crippen molar-refractivity contribution in [3.8, 4) is 0 Å². The van der Waals surface area contributed by atoms with E-state index in [1.54, 1.807) is 18.5 Å². The lowest BCUT2D eigenvalue weighted by Gasteiger charge is -2.12. The van der Waals surface area contributed by atoms with Crippen LogP contribution in [0.15, 0.2) is 30.6 Å². The molecule has 0 saturated heterocycles. The van der Waals surface area contributed by atoms with E-state index in [-0.39, 0.29) is 16.7 Å². The topological polar surface area (TPSA) is 82.0 Å². The van der Waals surface area contributed by atoms with Gasteiger partial charge in [-0.2, -0.15) is 0 Å². The fraction of sp³-hybridized carbons (Fsp3) is 0.357. The lowest BCUT2D eigenvalue weighted by Crippen LogP contribution is -2.25. The number of nitro benzene ring substituents is 1. The number of hydrogen-bond acceptors (Lipinski definition) is 4. The molecule has 1 atom stereocenters. The van der Waals surface area contributed by atoms with Crippen LogP contribution in [0, 0.1) is 16.0 Å². The van der Waals surface area contributed by atoms with Gasteiger partial charge >= 0.3 is 0 Å². The molecule has 5 heteroatoms. The second-order valence-corrected chi connectivity index (χ2v) is 5.13. The molecule has 2 N–H and O–H groups in total. The van der Waals surface area contributed by atoms with Gasteiger partial charge in [0.1, 0.15) is 0 Å². The first-order chi connectivity index (χ1) is 9.16. The van der Waals surface area contributed by atoms with Crippen LogP contribution >= 0.6 is 0 Å². The van der Waals surface area contributed by atoms with Gasteiger partial charge in [-0.25, -0.2) is 0 Å². The minimum Gasteiger partial charge on any atom is -0.327 e. The fourth-order valence-electron chi connectivity index (χ4n) is 2.52. The Morgan fingerprint density at radius 1 is 1.37 bits per heavy atom. The molecule has 2 aromatic rings. The zero-order valence-electron chi connectivity index (χ0n) is 10.5. The van der Waals surface area contributed by atoms with E-state index in [1.165, 1.54) is 12.8 Å². The Kier molecular flexibility index (Phi) is 2.91. The van der Waals surface area contributed by atoms with Crippen molar-refractivity contribution in [3.63, 3.8) is 0 Å². The Bertz CT molecular complexity index is 638. The van der Waals surface area contributed by atoms with Crippen molar-refractivity contribution in [1.82, 2.24) is 4.98 Å². The first-order valence-electron chi connectivity index (χ1n) is 6.42. The van der Waals surface area contributed by atoms with E-state index in [9.17, 15) is 10.1 Å². The minimum absolute atomic E-state index is 0.104. The quantitative estimate of drug-likeness (QED) is 0.673. The van der Waals surface area contributed by atoms with Crippen LogP contribution in [0.4, 0.5) is 5.69 Å². The summed E-state index contributed by atoms with van der Waals surface area (Å²) in [4.78, 5) is 14.6. The number of benzene rings is 1. The molecule has 0 amide bonds. The fourth-order valence-corrected chi connectivity index (χ4v) is 2.52. The predicted molar refractivity (Wildman–Crippen MR) is 72.8 cm³/mol. The Labute approximate surface area is 110 Å². The Morgan fingerprint density at radius 3 is 2.84 bits per heavy atom. The van der Waals surface area contributed by atoms with Crippen molar-refractivity contribution in [2.45, 2.75) is 25.3 Å². The maximum atomic E-state index is 11.0. The molecule has 0 radical (unpaired) electrons. The van der Waals surface area contributed by atoms with Gasteiger partial charge in [-0.05, 0) is 42.2 Å². The molecule has 5 nitrogen and oxygen atoms in total. The number of non-ortho nitro benzene ring substituents is 1. The van der Waals surface area contributed by atoms with Crippen molar-refractivity contribution >= 4 is 16.5 Å². The number of fused-ring (bicyclic) bond motifs is 1. The molecule has 1 aliphatic carbocycles. The monoisotopic (exact) mass is 257 g/mol. The van der Waals surface area contributed by atoms with E-state index in [0.29, 0.717) is 11.3 Å². The number of nitro groups is 1. The van der Waals surface area contributed by atoms with E-state index in [4.69, 9.17) is 5.73 Å². The van der Waals surface area contributed by atoms with Crippen LogP contribution < -0.4 is 5.73 Å². The van der Waals surface area contributed by atoms with E-state index < -0.39 is 0 Å². The van der Waals surface area contributed by atoms with Gasteiger partial charge in [-0.3, -0.25) is 15.1 Å². The molecule has 1 aromatic heterocycles. The third-order valence-electron chi connectivity index (χ3n) is 3.77. The molecule has 3 rings (SSSR count). The van der Waals surface area contributed by atoms with E-state index >= 15 is 0 Å². The van der Waals surface area contributed by atoms with Gasteiger partial charge in [0, 0.05) is 24.5 Å². The van der Waals surface area contributed by atoms with Crippen molar-refractivity contribution in [1.29, 1.82) is 0 Å². The third-order valence-corrected chi connectivity index (χ3v) is 3.77. The highest BCUT2D eigenvalue weighted by molar-refractivity contribution is 5.92. The average molecular weight is 257 g/mol. The van der Waals surface area contributed by atoms with Crippen LogP contribution in [0.5, 0.6) is 0 Å². The highest BCUT2D eigenvalue weighted by Crippen LogP contribution is 2.35. The van der Waals surface area contributed by atoms with Gasteiger partial charge in [-0.15, -0.1) is 0 Å². The summed E-state index contributed by atoms with van der Waals surface area (Å²) in [6, 6.07) is 5.36. The molecule has 1 aliphatic rings. The Morgan fingerprint density at radius 2 is 2.16 bits per heavy atom. The summed E-state index contributed by atoms with van der Waals surface area (Å²) in [6.45, 7) is 0. The van der Waals surface area contributed by atoms with Gasteiger partial charge in [0.2, 0.25) is 0 Å². The standard InChI is InChI=1S/C14H15N3O2/c15-13(9-1-2-9)7-10-3-4-14(17(18)19)12-8-16-6-5-11(10)12/h3-6,8-9,13H,1-2,7,15H2. The Balaban J connectivity index is 2.05. The van der Waals surface area contributed by atoms with Crippen molar-refractivity contribution in [3.05, 3.63) is 46.3 Å². The van der Waals surface area contributed by atoms with E-state index in [1.807, 2.05) is 12.1 Å². The van der Waals surface area contributed by atoms with Crippen LogP contribution in [0.1, 0.15) is 18.4 Å². The summed E-state index contributed by atoms with van der Waals surface area (Å²) in [7, 11) is 0. The van der Waals surface area contributed by atoms with Crippen LogP contribution in [0.3, 0.4) is 0 Å². The van der Waals surface area contributed by atoms with E-state index in [2.05, 4.69) is 4.98 Å². The SMILES string of the molecule is NC(Cc1ccc([N+](=O)[O-])c2cnccc12)C1CC1. The van der Waals surface area contributed by atoms with Gasteiger partial charge in [0.05, 0.1) is 10.3 Å². The van der Waals surface area contributed by atoms with Gasteiger partial charge in [0.25, 0.3) is 5.69 Å². The molecule has 1 fully saturated rings. The molecular weight excluding hydrogens is 242 g/mol. The smallest absolute Gasteiger partial charge is 0.278 e. The maximum absolute atomic E-state index is 11.0. The zero-order valence-corrected chi connectivity index (χ0v) is 10.5. The number of nitrogens with zero attached hydrogens (tertiary/aromatic N) is 2. The predicted octanol–water partition coefficient (Wildman–Crippen LogP) is 2.42. The third kappa shape index (κ3) is 2.29. The highest BCUT2D eigenvalue weighted by atomic mass is 16.6. The summed E-state index contributed by atoms with van der Waals surface area (Å²) in [5, 5.41) is 12.5. The molecule has 1 aromatic carbocycles. The molecule has 1 unspecified atom stereocenters. The summed E-state index contributed by atoms with van der Waals surface area (Å²) in [6.07, 6.45) is 6.39. The van der Waals surface area contributed by atoms with Crippen LogP contribution in [-0.2, 0) is 6.42 Å². The molecule has 0 spiro atoms. The van der Waals surface area contributed by atoms with Gasteiger partial charge in [0.15, 0.2) is 0 Å². The largest absolute Gasteiger partial charge is 0.327 e. The summed E-state index contributed by atoms with van der Waals surface area (Å²) < 4.78 is 0. The number of rotatable bonds is 4. The number of hydrogen-bond donors (Lipinski definition) is 1. The van der Waals surface area contributed by atoms with Crippen LogP contribution in [-0.4, -0.2) is 15.9 Å². The molecule has 0 bridgehead atoms. The van der Waals surface area contributed by atoms with Crippen molar-refractivity contribution < 1.29 is 4.92 Å². The molecule has 19 heavy (non-hydrogen) atoms. The molecule has 98 valence electrons. The molecular formula is C14H15N3O2. The average Bonchev–Trinajstić information content (AvgIpc) is 3.23. The van der Waals surface area contributed by atoms with Crippen LogP contribution in [0.25, 0.3) is 10.8 Å². The van der Waals surface area contributed by atoms with Crippen LogP contribution in [0.2, 0.25) is 0 Å². The second kappa shape index (κ2) is 4.59. The number of nitrogens with two attached hydrogens (primary N) is 1. The summed E-state index contributed by atoms with van der Waals surface area (Å²) >= 11 is 0. The van der Waals surface area contributed by atoms with Gasteiger partial charge in [-0.1, -0.05) is 6.07 Å². The minimum atomic E-state index is -0.366. The first kappa shape index (κ1) is 12.0. The highest BCUT2D eigenvalue weighted by Gasteiger charge is 2.29. The zero-order chi connectivity index (χ0) is 13.4. The molecule has 1 saturated carbocycles.